The Morgan fingerprint density at radius 2 is 0.737 bits per heavy atom. The Hall–Kier alpha value is -0.120. The molecule has 0 aliphatic heterocycles. The van der Waals surface area contributed by atoms with Crippen LogP contribution < -0.4 is 5.32 Å². The molecule has 0 aromatic rings. The molecule has 115 valence electrons. The van der Waals surface area contributed by atoms with Crippen LogP contribution in [0.5, 0.6) is 0 Å². The summed E-state index contributed by atoms with van der Waals surface area (Å²) in [6.07, 6.45) is 14.4. The molecule has 0 fully saturated rings. The highest BCUT2D eigenvalue weighted by Crippen LogP contribution is 2.06. The number of hydrogen-bond donors (Lipinski definition) is 2. The van der Waals surface area contributed by atoms with Crippen molar-refractivity contribution in [3.63, 3.8) is 0 Å². The molecule has 3 heteroatoms. The van der Waals surface area contributed by atoms with E-state index in [1.807, 2.05) is 0 Å². The van der Waals surface area contributed by atoms with Gasteiger partial charge in [-0.15, -0.1) is 0 Å². The van der Waals surface area contributed by atoms with Crippen molar-refractivity contribution in [2.45, 2.75) is 77.0 Å². The number of nitrogens with zero attached hydrogens (tertiary/aromatic N) is 1. The van der Waals surface area contributed by atoms with Gasteiger partial charge in [-0.3, -0.25) is 0 Å². The fourth-order valence-corrected chi connectivity index (χ4v) is 2.20. The molecule has 19 heavy (non-hydrogen) atoms. The zero-order valence-corrected chi connectivity index (χ0v) is 12.7. The molecule has 0 rings (SSSR count). The van der Waals surface area contributed by atoms with Crippen LogP contribution in [-0.4, -0.2) is 36.5 Å². The van der Waals surface area contributed by atoms with Crippen molar-refractivity contribution in [2.75, 3.05) is 26.3 Å². The third-order valence-corrected chi connectivity index (χ3v) is 3.45. The maximum atomic E-state index is 8.64. The number of rotatable bonds is 16. The number of aliphatic hydroxyl groups is 2. The predicted octanol–water partition coefficient (Wildman–Crippen LogP) is 3.26. The Balaban J connectivity index is 2.88. The van der Waals surface area contributed by atoms with Crippen molar-refractivity contribution in [3.05, 3.63) is 0 Å². The van der Waals surface area contributed by atoms with Gasteiger partial charge in [-0.25, -0.2) is 5.32 Å². The Labute approximate surface area is 119 Å². The van der Waals surface area contributed by atoms with Gasteiger partial charge in [-0.05, 0) is 25.7 Å². The lowest BCUT2D eigenvalue weighted by atomic mass is 10.1. The third-order valence-electron chi connectivity index (χ3n) is 3.45. The maximum absolute atomic E-state index is 8.64. The lowest BCUT2D eigenvalue weighted by molar-refractivity contribution is 0.282. The van der Waals surface area contributed by atoms with E-state index < -0.39 is 0 Å². The summed E-state index contributed by atoms with van der Waals surface area (Å²) < 4.78 is 0. The standard InChI is InChI=1S/C16H34NO2/c18-15-11-7-3-1-5-9-13-17-14-10-6-2-4-8-12-16-19/h18-19H,1-16H2. The third kappa shape index (κ3) is 17.9. The van der Waals surface area contributed by atoms with Gasteiger partial charge >= 0.3 is 0 Å². The monoisotopic (exact) mass is 272 g/mol. The summed E-state index contributed by atoms with van der Waals surface area (Å²) in [7, 11) is 0. The topological polar surface area (TPSA) is 54.6 Å². The normalized spacial score (nSPS) is 11.1. The van der Waals surface area contributed by atoms with E-state index in [0.717, 1.165) is 25.9 Å². The van der Waals surface area contributed by atoms with Gasteiger partial charge < -0.3 is 10.2 Å². The van der Waals surface area contributed by atoms with Crippen LogP contribution in [0, 0.1) is 0 Å². The molecule has 0 bridgehead atoms. The van der Waals surface area contributed by atoms with Crippen molar-refractivity contribution in [1.29, 1.82) is 0 Å². The van der Waals surface area contributed by atoms with E-state index in [9.17, 15) is 0 Å². The molecule has 0 spiro atoms. The smallest absolute Gasteiger partial charge is 0.0431 e. The zero-order chi connectivity index (χ0) is 14.0. The van der Waals surface area contributed by atoms with E-state index in [4.69, 9.17) is 10.2 Å². The number of unbranched alkanes of at least 4 members (excludes halogenated alkanes) is 10. The molecule has 1 radical (unpaired) electrons. The summed E-state index contributed by atoms with van der Waals surface area (Å²) in [5, 5.41) is 21.8. The molecular weight excluding hydrogens is 238 g/mol. The summed E-state index contributed by atoms with van der Waals surface area (Å²) in [6.45, 7) is 2.75. The SMILES string of the molecule is OCCCCCCCC[N]CCCCCCCCO. The zero-order valence-electron chi connectivity index (χ0n) is 12.7. The molecule has 2 N–H and O–H groups in total. The summed E-state index contributed by atoms with van der Waals surface area (Å²) in [5.74, 6) is 0. The van der Waals surface area contributed by atoms with Crippen LogP contribution in [0.15, 0.2) is 0 Å². The Morgan fingerprint density at radius 3 is 1.11 bits per heavy atom. The fraction of sp³-hybridized carbons (Fsp3) is 1.00. The van der Waals surface area contributed by atoms with Gasteiger partial charge in [0.1, 0.15) is 0 Å². The molecule has 0 aliphatic rings. The summed E-state index contributed by atoms with van der Waals surface area (Å²) in [6, 6.07) is 0. The van der Waals surface area contributed by atoms with E-state index in [2.05, 4.69) is 5.32 Å². The molecule has 0 amide bonds. The molecule has 0 heterocycles. The second-order valence-electron chi connectivity index (χ2n) is 5.36. The molecule has 0 aliphatic carbocycles. The van der Waals surface area contributed by atoms with Crippen LogP contribution in [0.2, 0.25) is 0 Å². The molecule has 0 saturated carbocycles. The lowest BCUT2D eigenvalue weighted by Crippen LogP contribution is -2.08. The van der Waals surface area contributed by atoms with Crippen LogP contribution in [0.3, 0.4) is 0 Å². The molecule has 0 saturated heterocycles. The second kappa shape index (κ2) is 17.9. The molecular formula is C16H34NO2. The molecule has 0 aromatic carbocycles. The number of hydrogen-bond acceptors (Lipinski definition) is 2. The van der Waals surface area contributed by atoms with Crippen LogP contribution in [0.4, 0.5) is 0 Å². The highest BCUT2D eigenvalue weighted by atomic mass is 16.3. The first-order chi connectivity index (χ1) is 9.41. The Kier molecular flexibility index (Phi) is 17.8. The average Bonchev–Trinajstić information content (AvgIpc) is 2.43. The predicted molar refractivity (Wildman–Crippen MR) is 81.4 cm³/mol. The van der Waals surface area contributed by atoms with Crippen molar-refractivity contribution in [3.8, 4) is 0 Å². The van der Waals surface area contributed by atoms with E-state index in [-0.39, 0.29) is 0 Å². The summed E-state index contributed by atoms with van der Waals surface area (Å²) in [5.41, 5.74) is 0. The summed E-state index contributed by atoms with van der Waals surface area (Å²) in [4.78, 5) is 0. The average molecular weight is 272 g/mol. The first-order valence-electron chi connectivity index (χ1n) is 8.26. The van der Waals surface area contributed by atoms with Gasteiger partial charge in [-0.2, -0.15) is 0 Å². The first kappa shape index (κ1) is 18.9. The molecule has 0 aromatic heterocycles. The van der Waals surface area contributed by atoms with Crippen molar-refractivity contribution < 1.29 is 10.2 Å². The molecule has 0 unspecified atom stereocenters. The molecule has 0 atom stereocenters. The molecule has 3 nitrogen and oxygen atoms in total. The van der Waals surface area contributed by atoms with Gasteiger partial charge in [0.25, 0.3) is 0 Å². The number of aliphatic hydroxyl groups excluding tert-OH is 2. The van der Waals surface area contributed by atoms with Gasteiger partial charge in [0.2, 0.25) is 0 Å². The maximum Gasteiger partial charge on any atom is 0.0431 e. The van der Waals surface area contributed by atoms with Crippen molar-refractivity contribution in [2.24, 2.45) is 0 Å². The van der Waals surface area contributed by atoms with E-state index in [0.29, 0.717) is 13.2 Å². The van der Waals surface area contributed by atoms with Crippen molar-refractivity contribution in [1.82, 2.24) is 5.32 Å². The van der Waals surface area contributed by atoms with E-state index in [1.54, 1.807) is 0 Å². The van der Waals surface area contributed by atoms with E-state index in [1.165, 1.54) is 64.2 Å². The summed E-state index contributed by atoms with van der Waals surface area (Å²) >= 11 is 0. The minimum absolute atomic E-state index is 0.343. The highest BCUT2D eigenvalue weighted by Gasteiger charge is 1.94. The lowest BCUT2D eigenvalue weighted by Gasteiger charge is -2.03. The van der Waals surface area contributed by atoms with Gasteiger partial charge in [-0.1, -0.05) is 51.4 Å². The fourth-order valence-electron chi connectivity index (χ4n) is 2.20. The van der Waals surface area contributed by atoms with Gasteiger partial charge in [0.05, 0.1) is 0 Å². The Morgan fingerprint density at radius 1 is 0.421 bits per heavy atom. The highest BCUT2D eigenvalue weighted by molar-refractivity contribution is 4.51. The van der Waals surface area contributed by atoms with Gasteiger partial charge in [0, 0.05) is 26.3 Å². The van der Waals surface area contributed by atoms with Crippen molar-refractivity contribution >= 4 is 0 Å². The van der Waals surface area contributed by atoms with Gasteiger partial charge in [0.15, 0.2) is 0 Å². The minimum atomic E-state index is 0.343. The quantitative estimate of drug-likeness (QED) is 0.424. The second-order valence-corrected chi connectivity index (χ2v) is 5.36. The van der Waals surface area contributed by atoms with Crippen LogP contribution in [-0.2, 0) is 0 Å². The first-order valence-corrected chi connectivity index (χ1v) is 8.26. The van der Waals surface area contributed by atoms with E-state index >= 15 is 0 Å². The minimum Gasteiger partial charge on any atom is -0.396 e. The Bertz CT molecular complexity index is 138. The van der Waals surface area contributed by atoms with Crippen LogP contribution in [0.1, 0.15) is 77.0 Å². The van der Waals surface area contributed by atoms with Crippen LogP contribution in [0.25, 0.3) is 0 Å². The van der Waals surface area contributed by atoms with Crippen LogP contribution >= 0.6 is 0 Å². The largest absolute Gasteiger partial charge is 0.396 e.